The van der Waals surface area contributed by atoms with Gasteiger partial charge in [0.1, 0.15) is 0 Å². The van der Waals surface area contributed by atoms with E-state index in [4.69, 9.17) is 4.52 Å². The van der Waals surface area contributed by atoms with E-state index in [1.54, 1.807) is 13.8 Å². The zero-order valence-electron chi connectivity index (χ0n) is 13.3. The average Bonchev–Trinajstić information content (AvgIpc) is 2.81. The molecule has 0 radical (unpaired) electrons. The van der Waals surface area contributed by atoms with E-state index in [1.165, 1.54) is 0 Å². The lowest BCUT2D eigenvalue weighted by molar-refractivity contribution is -0.118. The van der Waals surface area contributed by atoms with E-state index in [9.17, 15) is 9.59 Å². The molecule has 0 saturated heterocycles. The van der Waals surface area contributed by atoms with Crippen molar-refractivity contribution in [2.75, 3.05) is 0 Å². The van der Waals surface area contributed by atoms with Crippen molar-refractivity contribution in [3.05, 3.63) is 28.8 Å². The molecule has 0 saturated carbocycles. The maximum absolute atomic E-state index is 12.3. The summed E-state index contributed by atoms with van der Waals surface area (Å²) in [5, 5.41) is 12.0. The SMILES string of the molecule is CC1=C(C(=O)NCc2cc(CC(C)C)no2)[C@H](C)NC(=O)N1. The van der Waals surface area contributed by atoms with Crippen LogP contribution in [0.3, 0.4) is 0 Å². The van der Waals surface area contributed by atoms with Crippen LogP contribution >= 0.6 is 0 Å². The molecule has 1 atom stereocenters. The number of carbonyl (C=O) groups is 2. The summed E-state index contributed by atoms with van der Waals surface area (Å²) < 4.78 is 5.21. The maximum Gasteiger partial charge on any atom is 0.319 e. The van der Waals surface area contributed by atoms with Gasteiger partial charge in [-0.3, -0.25) is 4.79 Å². The summed E-state index contributed by atoms with van der Waals surface area (Å²) in [7, 11) is 0. The van der Waals surface area contributed by atoms with Crippen molar-refractivity contribution < 1.29 is 14.1 Å². The Bertz CT molecular complexity index is 604. The number of nitrogens with one attached hydrogen (secondary N) is 3. The maximum atomic E-state index is 12.3. The first-order valence-electron chi connectivity index (χ1n) is 7.37. The van der Waals surface area contributed by atoms with Crippen molar-refractivity contribution in [2.45, 2.75) is 46.7 Å². The topological polar surface area (TPSA) is 96.3 Å². The van der Waals surface area contributed by atoms with Crippen molar-refractivity contribution >= 4 is 11.9 Å². The lowest BCUT2D eigenvalue weighted by Gasteiger charge is -2.25. The summed E-state index contributed by atoms with van der Waals surface area (Å²) >= 11 is 0. The smallest absolute Gasteiger partial charge is 0.319 e. The summed E-state index contributed by atoms with van der Waals surface area (Å²) in [6, 6.07) is 1.22. The fraction of sp³-hybridized carbons (Fsp3) is 0.533. The third-order valence-corrected chi connectivity index (χ3v) is 3.38. The van der Waals surface area contributed by atoms with Gasteiger partial charge < -0.3 is 20.5 Å². The molecule has 3 N–H and O–H groups in total. The van der Waals surface area contributed by atoms with E-state index in [0.29, 0.717) is 22.9 Å². The van der Waals surface area contributed by atoms with Crippen LogP contribution in [0, 0.1) is 5.92 Å². The molecule has 22 heavy (non-hydrogen) atoms. The Morgan fingerprint density at radius 3 is 2.86 bits per heavy atom. The number of hydrogen-bond acceptors (Lipinski definition) is 4. The zero-order chi connectivity index (χ0) is 16.3. The Morgan fingerprint density at radius 2 is 2.23 bits per heavy atom. The highest BCUT2D eigenvalue weighted by atomic mass is 16.5. The largest absolute Gasteiger partial charge is 0.359 e. The number of carbonyl (C=O) groups excluding carboxylic acids is 2. The van der Waals surface area contributed by atoms with E-state index >= 15 is 0 Å². The number of amides is 3. The van der Waals surface area contributed by atoms with E-state index in [2.05, 4.69) is 35.0 Å². The summed E-state index contributed by atoms with van der Waals surface area (Å²) in [5.41, 5.74) is 1.96. The van der Waals surface area contributed by atoms with Crippen LogP contribution in [0.2, 0.25) is 0 Å². The van der Waals surface area contributed by atoms with Crippen LogP contribution in [0.15, 0.2) is 21.9 Å². The van der Waals surface area contributed by atoms with Gasteiger partial charge in [0.15, 0.2) is 5.76 Å². The van der Waals surface area contributed by atoms with Crippen LogP contribution < -0.4 is 16.0 Å². The first kappa shape index (κ1) is 16.1. The molecule has 2 heterocycles. The number of rotatable bonds is 5. The number of aromatic nitrogens is 1. The molecule has 0 aromatic carbocycles. The predicted molar refractivity (Wildman–Crippen MR) is 80.7 cm³/mol. The third kappa shape index (κ3) is 3.87. The molecule has 1 aromatic heterocycles. The van der Waals surface area contributed by atoms with Crippen molar-refractivity contribution in [1.29, 1.82) is 0 Å². The second kappa shape index (κ2) is 6.64. The molecular weight excluding hydrogens is 284 g/mol. The van der Waals surface area contributed by atoms with Crippen LogP contribution in [0.5, 0.6) is 0 Å². The van der Waals surface area contributed by atoms with E-state index in [-0.39, 0.29) is 24.5 Å². The van der Waals surface area contributed by atoms with Gasteiger partial charge in [0.2, 0.25) is 0 Å². The molecule has 0 spiro atoms. The first-order valence-corrected chi connectivity index (χ1v) is 7.37. The fourth-order valence-electron chi connectivity index (χ4n) is 2.45. The van der Waals surface area contributed by atoms with Crippen LogP contribution in [-0.4, -0.2) is 23.1 Å². The Morgan fingerprint density at radius 1 is 1.50 bits per heavy atom. The molecule has 3 amide bonds. The summed E-state index contributed by atoms with van der Waals surface area (Å²) in [6.07, 6.45) is 0.842. The molecule has 1 aliphatic rings. The minimum atomic E-state index is -0.333. The highest BCUT2D eigenvalue weighted by Crippen LogP contribution is 2.13. The molecule has 0 bridgehead atoms. The van der Waals surface area contributed by atoms with E-state index < -0.39 is 0 Å². The van der Waals surface area contributed by atoms with Crippen LogP contribution in [0.1, 0.15) is 39.1 Å². The van der Waals surface area contributed by atoms with Gasteiger partial charge in [0.25, 0.3) is 5.91 Å². The minimum absolute atomic E-state index is 0.237. The van der Waals surface area contributed by atoms with Crippen molar-refractivity contribution in [3.8, 4) is 0 Å². The number of nitrogens with zero attached hydrogens (tertiary/aromatic N) is 1. The molecule has 7 heteroatoms. The minimum Gasteiger partial charge on any atom is -0.359 e. The normalized spacial score (nSPS) is 18.2. The Hall–Kier alpha value is -2.31. The monoisotopic (exact) mass is 306 g/mol. The summed E-state index contributed by atoms with van der Waals surface area (Å²) in [4.78, 5) is 23.6. The quantitative estimate of drug-likeness (QED) is 0.767. The highest BCUT2D eigenvalue weighted by Gasteiger charge is 2.26. The van der Waals surface area contributed by atoms with Crippen LogP contribution in [0.4, 0.5) is 4.79 Å². The molecule has 0 fully saturated rings. The molecule has 7 nitrogen and oxygen atoms in total. The van der Waals surface area contributed by atoms with Gasteiger partial charge >= 0.3 is 6.03 Å². The lowest BCUT2D eigenvalue weighted by atomic mass is 10.0. The number of allylic oxidation sites excluding steroid dienone is 1. The van der Waals surface area contributed by atoms with Gasteiger partial charge in [-0.15, -0.1) is 0 Å². The molecule has 120 valence electrons. The second-order valence-corrected chi connectivity index (χ2v) is 5.92. The predicted octanol–water partition coefficient (Wildman–Crippen LogP) is 1.46. The van der Waals surface area contributed by atoms with Crippen molar-refractivity contribution in [1.82, 2.24) is 21.1 Å². The highest BCUT2D eigenvalue weighted by molar-refractivity contribution is 5.98. The molecule has 0 unspecified atom stereocenters. The standard InChI is InChI=1S/C15H22N4O3/c1-8(2)5-11-6-12(22-19-11)7-16-14(20)13-9(3)17-15(21)18-10(13)4/h6,8-9H,5,7H2,1-4H3,(H,16,20)(H2,17,18,21)/t9-/m0/s1. The zero-order valence-corrected chi connectivity index (χ0v) is 13.3. The number of urea groups is 1. The molecule has 1 aromatic rings. The van der Waals surface area contributed by atoms with Gasteiger partial charge in [-0.1, -0.05) is 19.0 Å². The van der Waals surface area contributed by atoms with Crippen LogP contribution in [0.25, 0.3) is 0 Å². The van der Waals surface area contributed by atoms with Crippen molar-refractivity contribution in [3.63, 3.8) is 0 Å². The van der Waals surface area contributed by atoms with E-state index in [0.717, 1.165) is 12.1 Å². The van der Waals surface area contributed by atoms with Gasteiger partial charge in [0, 0.05) is 11.8 Å². The molecular formula is C15H22N4O3. The first-order chi connectivity index (χ1) is 10.4. The molecule has 1 aliphatic heterocycles. The summed E-state index contributed by atoms with van der Waals surface area (Å²) in [5.74, 6) is 0.875. The molecule has 0 aliphatic carbocycles. The van der Waals surface area contributed by atoms with Gasteiger partial charge in [-0.2, -0.15) is 0 Å². The fourth-order valence-corrected chi connectivity index (χ4v) is 2.45. The Labute approximate surface area is 129 Å². The Balaban J connectivity index is 1.96. The average molecular weight is 306 g/mol. The molecule has 2 rings (SSSR count). The second-order valence-electron chi connectivity index (χ2n) is 5.92. The lowest BCUT2D eigenvalue weighted by Crippen LogP contribution is -2.50. The van der Waals surface area contributed by atoms with Gasteiger partial charge in [0.05, 0.1) is 23.9 Å². The van der Waals surface area contributed by atoms with E-state index in [1.807, 2.05) is 6.07 Å². The third-order valence-electron chi connectivity index (χ3n) is 3.38. The van der Waals surface area contributed by atoms with Crippen molar-refractivity contribution in [2.24, 2.45) is 5.92 Å². The van der Waals surface area contributed by atoms with Crippen LogP contribution in [-0.2, 0) is 17.8 Å². The van der Waals surface area contributed by atoms with Gasteiger partial charge in [-0.25, -0.2) is 4.79 Å². The summed E-state index contributed by atoms with van der Waals surface area (Å²) in [6.45, 7) is 7.96. The van der Waals surface area contributed by atoms with Gasteiger partial charge in [-0.05, 0) is 26.2 Å². The Kier molecular flexibility index (Phi) is 4.85. The number of hydrogen-bond donors (Lipinski definition) is 3.